The maximum atomic E-state index is 13.4. The van der Waals surface area contributed by atoms with Crippen molar-refractivity contribution in [3.05, 3.63) is 83.4 Å². The van der Waals surface area contributed by atoms with Gasteiger partial charge in [-0.1, -0.05) is 36.4 Å². The second-order valence-electron chi connectivity index (χ2n) is 6.67. The summed E-state index contributed by atoms with van der Waals surface area (Å²) in [6.45, 7) is 0. The molecular weight excluding hydrogens is 384 g/mol. The van der Waals surface area contributed by atoms with Gasteiger partial charge in [-0.25, -0.2) is 4.79 Å². The summed E-state index contributed by atoms with van der Waals surface area (Å²) in [6, 6.07) is 19.5. The number of carboxylic acid groups (broad SMARTS) is 1. The molecule has 0 unspecified atom stereocenters. The quantitative estimate of drug-likeness (QED) is 0.664. The van der Waals surface area contributed by atoms with Crippen molar-refractivity contribution in [1.82, 2.24) is 0 Å². The lowest BCUT2D eigenvalue weighted by atomic mass is 9.97. The van der Waals surface area contributed by atoms with Crippen LogP contribution in [0.3, 0.4) is 0 Å². The van der Waals surface area contributed by atoms with Crippen LogP contribution in [0.2, 0.25) is 0 Å². The number of carbonyl (C=O) groups is 2. The van der Waals surface area contributed by atoms with Gasteiger partial charge in [0.1, 0.15) is 11.7 Å². The van der Waals surface area contributed by atoms with Crippen molar-refractivity contribution in [1.29, 1.82) is 0 Å². The van der Waals surface area contributed by atoms with E-state index in [0.717, 1.165) is 0 Å². The number of rotatable bonds is 5. The van der Waals surface area contributed by atoms with Crippen LogP contribution in [0.15, 0.2) is 66.7 Å². The number of methoxy groups -OCH3 is 2. The molecule has 7 heteroatoms. The van der Waals surface area contributed by atoms with Crippen molar-refractivity contribution in [3.8, 4) is 11.5 Å². The van der Waals surface area contributed by atoms with E-state index in [9.17, 15) is 14.7 Å². The second-order valence-corrected chi connectivity index (χ2v) is 6.67. The molecule has 1 aliphatic heterocycles. The highest BCUT2D eigenvalue weighted by Gasteiger charge is 2.37. The summed E-state index contributed by atoms with van der Waals surface area (Å²) in [7, 11) is 2.83. The summed E-state index contributed by atoms with van der Waals surface area (Å²) in [5.74, 6) is -1.01. The van der Waals surface area contributed by atoms with Gasteiger partial charge in [-0.05, 0) is 30.3 Å². The van der Waals surface area contributed by atoms with E-state index in [1.54, 1.807) is 35.2 Å². The number of aromatic carboxylic acids is 1. The van der Waals surface area contributed by atoms with Gasteiger partial charge in [0.2, 0.25) is 0 Å². The first kappa shape index (κ1) is 19.3. The number of carbonyl (C=O) groups excluding carboxylic acids is 1. The fraction of sp³-hybridized carbons (Fsp3) is 0.130. The van der Waals surface area contributed by atoms with Crippen molar-refractivity contribution in [2.24, 2.45) is 0 Å². The van der Waals surface area contributed by atoms with Crippen LogP contribution < -0.4 is 19.7 Å². The summed E-state index contributed by atoms with van der Waals surface area (Å²) < 4.78 is 10.6. The number of amides is 1. The lowest BCUT2D eigenvalue weighted by Gasteiger charge is -2.38. The molecule has 1 aliphatic rings. The van der Waals surface area contributed by atoms with Gasteiger partial charge in [0.05, 0.1) is 19.8 Å². The van der Waals surface area contributed by atoms with Crippen LogP contribution in [0.4, 0.5) is 11.4 Å². The Labute approximate surface area is 173 Å². The van der Waals surface area contributed by atoms with Crippen molar-refractivity contribution in [3.63, 3.8) is 0 Å². The highest BCUT2D eigenvalue weighted by atomic mass is 16.5. The molecule has 0 aliphatic carbocycles. The number of ether oxygens (including phenoxy) is 2. The number of nitrogens with zero attached hydrogens (tertiary/aromatic N) is 1. The van der Waals surface area contributed by atoms with Gasteiger partial charge in [-0.15, -0.1) is 0 Å². The third kappa shape index (κ3) is 3.10. The normalized spacial score (nSPS) is 15.2. The van der Waals surface area contributed by atoms with E-state index < -0.39 is 12.1 Å². The minimum Gasteiger partial charge on any atom is -0.493 e. The molecule has 0 fully saturated rings. The lowest BCUT2D eigenvalue weighted by Crippen LogP contribution is -2.43. The number of para-hydroxylation sites is 2. The topological polar surface area (TPSA) is 88.1 Å². The minimum absolute atomic E-state index is 0.0672. The average Bonchev–Trinajstić information content (AvgIpc) is 2.78. The van der Waals surface area contributed by atoms with Gasteiger partial charge in [-0.2, -0.15) is 0 Å². The molecule has 7 nitrogen and oxygen atoms in total. The van der Waals surface area contributed by atoms with E-state index >= 15 is 0 Å². The number of fused-ring (bicyclic) bond motifs is 1. The van der Waals surface area contributed by atoms with Gasteiger partial charge in [0.15, 0.2) is 11.5 Å². The van der Waals surface area contributed by atoms with E-state index in [1.165, 1.54) is 14.2 Å². The zero-order valence-electron chi connectivity index (χ0n) is 16.5. The van der Waals surface area contributed by atoms with Crippen molar-refractivity contribution >= 4 is 23.3 Å². The van der Waals surface area contributed by atoms with Crippen LogP contribution in [0.25, 0.3) is 0 Å². The zero-order valence-corrected chi connectivity index (χ0v) is 16.5. The van der Waals surface area contributed by atoms with Crippen LogP contribution in [0.1, 0.15) is 32.4 Å². The minimum atomic E-state index is -1.18. The molecule has 30 heavy (non-hydrogen) atoms. The standard InChI is InChI=1S/C23H20N2O5/c1-29-18-13-12-16(19(23(27)28)20(18)30-2)21-24-17-11-7-6-10-15(17)22(26)25(21)14-8-4-3-5-9-14/h3-13,21,24H,1-2H3,(H,27,28)/t21-/m1/s1. The van der Waals surface area contributed by atoms with Crippen LogP contribution in [-0.2, 0) is 0 Å². The molecular formula is C23H20N2O5. The first-order chi connectivity index (χ1) is 14.6. The predicted molar refractivity (Wildman–Crippen MR) is 113 cm³/mol. The molecule has 4 rings (SSSR count). The molecule has 1 atom stereocenters. The first-order valence-electron chi connectivity index (χ1n) is 9.29. The summed E-state index contributed by atoms with van der Waals surface area (Å²) in [5, 5.41) is 13.3. The highest BCUT2D eigenvalue weighted by molar-refractivity contribution is 6.12. The van der Waals surface area contributed by atoms with Crippen molar-refractivity contribution < 1.29 is 24.2 Å². The zero-order chi connectivity index (χ0) is 21.3. The third-order valence-electron chi connectivity index (χ3n) is 5.05. The fourth-order valence-electron chi connectivity index (χ4n) is 3.72. The number of carboxylic acids is 1. The van der Waals surface area contributed by atoms with Crippen LogP contribution >= 0.6 is 0 Å². The van der Waals surface area contributed by atoms with E-state index in [4.69, 9.17) is 9.47 Å². The van der Waals surface area contributed by atoms with E-state index in [1.807, 2.05) is 36.4 Å². The Morgan fingerprint density at radius 1 is 0.967 bits per heavy atom. The lowest BCUT2D eigenvalue weighted by molar-refractivity contribution is 0.0689. The summed E-state index contributed by atoms with van der Waals surface area (Å²) in [5.41, 5.74) is 2.09. The summed E-state index contributed by atoms with van der Waals surface area (Å²) in [4.78, 5) is 27.2. The molecule has 0 saturated carbocycles. The molecule has 0 radical (unpaired) electrons. The van der Waals surface area contributed by atoms with Gasteiger partial charge in [-0.3, -0.25) is 9.69 Å². The molecule has 1 heterocycles. The van der Waals surface area contributed by atoms with Crippen LogP contribution in [0, 0.1) is 0 Å². The molecule has 0 spiro atoms. The SMILES string of the molecule is COc1ccc([C@@H]2Nc3ccccc3C(=O)N2c2ccccc2)c(C(=O)O)c1OC. The monoisotopic (exact) mass is 404 g/mol. The third-order valence-corrected chi connectivity index (χ3v) is 5.05. The number of nitrogens with one attached hydrogen (secondary N) is 1. The predicted octanol–water partition coefficient (Wildman–Crippen LogP) is 4.17. The Hall–Kier alpha value is -4.00. The maximum absolute atomic E-state index is 13.4. The number of hydrogen-bond donors (Lipinski definition) is 2. The van der Waals surface area contributed by atoms with Crippen LogP contribution in [-0.4, -0.2) is 31.2 Å². The Kier molecular flexibility index (Phi) is 5.02. The molecule has 152 valence electrons. The number of anilines is 2. The largest absolute Gasteiger partial charge is 0.493 e. The Morgan fingerprint density at radius 2 is 1.67 bits per heavy atom. The molecule has 0 saturated heterocycles. The number of benzene rings is 3. The highest BCUT2D eigenvalue weighted by Crippen LogP contribution is 2.42. The Bertz CT molecular complexity index is 1110. The molecule has 1 amide bonds. The van der Waals surface area contributed by atoms with Gasteiger partial charge >= 0.3 is 5.97 Å². The van der Waals surface area contributed by atoms with E-state index in [-0.39, 0.29) is 17.2 Å². The van der Waals surface area contributed by atoms with Gasteiger partial charge in [0.25, 0.3) is 5.91 Å². The number of hydrogen-bond acceptors (Lipinski definition) is 5. The van der Waals surface area contributed by atoms with E-state index in [0.29, 0.717) is 28.3 Å². The molecule has 0 bridgehead atoms. The van der Waals surface area contributed by atoms with Crippen molar-refractivity contribution in [2.75, 3.05) is 24.4 Å². The van der Waals surface area contributed by atoms with E-state index in [2.05, 4.69) is 5.32 Å². The van der Waals surface area contributed by atoms with Gasteiger partial charge < -0.3 is 19.9 Å². The summed E-state index contributed by atoms with van der Waals surface area (Å²) in [6.07, 6.45) is -0.763. The summed E-state index contributed by atoms with van der Waals surface area (Å²) >= 11 is 0. The maximum Gasteiger partial charge on any atom is 0.340 e. The molecule has 0 aromatic heterocycles. The molecule has 3 aromatic carbocycles. The molecule has 2 N–H and O–H groups in total. The Morgan fingerprint density at radius 3 is 2.33 bits per heavy atom. The van der Waals surface area contributed by atoms with Crippen LogP contribution in [0.5, 0.6) is 11.5 Å². The average molecular weight is 404 g/mol. The fourth-order valence-corrected chi connectivity index (χ4v) is 3.72. The van der Waals surface area contributed by atoms with Crippen molar-refractivity contribution in [2.45, 2.75) is 6.17 Å². The smallest absolute Gasteiger partial charge is 0.340 e. The first-order valence-corrected chi connectivity index (χ1v) is 9.29. The Balaban J connectivity index is 1.96. The molecule has 3 aromatic rings. The van der Waals surface area contributed by atoms with Gasteiger partial charge in [0, 0.05) is 16.9 Å². The second kappa shape index (κ2) is 7.79.